The van der Waals surface area contributed by atoms with Crippen molar-refractivity contribution < 1.29 is 38.5 Å². The average molecular weight is 412 g/mol. The molecule has 1 atom stereocenters. The predicted octanol–water partition coefficient (Wildman–Crippen LogP) is 1.96. The highest BCUT2D eigenvalue weighted by molar-refractivity contribution is 5.82. The molecule has 0 aliphatic rings. The fraction of sp³-hybridized carbons (Fsp3) is 0.714. The summed E-state index contributed by atoms with van der Waals surface area (Å²) in [7, 11) is 0. The summed E-state index contributed by atoms with van der Waals surface area (Å²) < 4.78 is 15.1. The number of hydrogen-bond acceptors (Lipinski definition) is 8. The summed E-state index contributed by atoms with van der Waals surface area (Å²) >= 11 is 0. The van der Waals surface area contributed by atoms with Crippen LogP contribution in [0.3, 0.4) is 0 Å². The Bertz CT molecular complexity index is 549. The Morgan fingerprint density at radius 1 is 0.897 bits per heavy atom. The Morgan fingerprint density at radius 3 is 2.24 bits per heavy atom. The van der Waals surface area contributed by atoms with Crippen molar-refractivity contribution in [3.05, 3.63) is 0 Å². The van der Waals surface area contributed by atoms with Gasteiger partial charge in [-0.3, -0.25) is 19.2 Å². The van der Waals surface area contributed by atoms with Crippen LogP contribution in [-0.2, 0) is 33.4 Å². The molecule has 29 heavy (non-hydrogen) atoms. The van der Waals surface area contributed by atoms with Crippen LogP contribution < -0.4 is 0 Å². The quantitative estimate of drug-likeness (QED) is 0.167. The van der Waals surface area contributed by atoms with Gasteiger partial charge in [0.05, 0.1) is 32.2 Å². The molecule has 8 nitrogen and oxygen atoms in total. The molecular weight excluding hydrogens is 380 g/mol. The zero-order valence-electron chi connectivity index (χ0n) is 17.2. The second-order valence-electron chi connectivity index (χ2n) is 6.41. The van der Waals surface area contributed by atoms with E-state index in [2.05, 4.69) is 5.92 Å². The van der Waals surface area contributed by atoms with Crippen LogP contribution in [0.1, 0.15) is 64.7 Å². The summed E-state index contributed by atoms with van der Waals surface area (Å²) in [5, 5.41) is 8.63. The molecule has 0 saturated heterocycles. The molecule has 0 heterocycles. The normalized spacial score (nSPS) is 11.2. The zero-order valence-corrected chi connectivity index (χ0v) is 17.2. The van der Waals surface area contributed by atoms with E-state index in [9.17, 15) is 19.2 Å². The number of aliphatic hydroxyl groups excluding tert-OH is 1. The van der Waals surface area contributed by atoms with E-state index in [-0.39, 0.29) is 63.7 Å². The molecule has 1 N–H and O–H groups in total. The van der Waals surface area contributed by atoms with E-state index in [4.69, 9.17) is 25.7 Å². The lowest BCUT2D eigenvalue weighted by atomic mass is 10.0. The second kappa shape index (κ2) is 17.7. The predicted molar refractivity (Wildman–Crippen MR) is 105 cm³/mol. The van der Waals surface area contributed by atoms with Crippen molar-refractivity contribution in [1.82, 2.24) is 0 Å². The highest BCUT2D eigenvalue weighted by Gasteiger charge is 2.19. The van der Waals surface area contributed by atoms with Gasteiger partial charge in [-0.05, 0) is 32.6 Å². The van der Waals surface area contributed by atoms with Crippen LogP contribution in [0.2, 0.25) is 0 Å². The molecule has 1 unspecified atom stereocenters. The van der Waals surface area contributed by atoms with Gasteiger partial charge in [0.25, 0.3) is 0 Å². The van der Waals surface area contributed by atoms with Gasteiger partial charge in [-0.25, -0.2) is 0 Å². The molecule has 164 valence electrons. The number of ketones is 1. The maximum atomic E-state index is 12.1. The molecule has 0 aromatic carbocycles. The van der Waals surface area contributed by atoms with Gasteiger partial charge in [-0.2, -0.15) is 0 Å². The molecule has 8 heteroatoms. The largest absolute Gasteiger partial charge is 0.466 e. The highest BCUT2D eigenvalue weighted by atomic mass is 16.5. The van der Waals surface area contributed by atoms with Crippen LogP contribution in [0.5, 0.6) is 0 Å². The molecule has 0 aliphatic heterocycles. The van der Waals surface area contributed by atoms with E-state index in [0.717, 1.165) is 0 Å². The minimum Gasteiger partial charge on any atom is -0.466 e. The summed E-state index contributed by atoms with van der Waals surface area (Å²) in [6, 6.07) is 0. The number of ether oxygens (including phenoxy) is 3. The van der Waals surface area contributed by atoms with E-state index in [1.807, 2.05) is 0 Å². The van der Waals surface area contributed by atoms with Crippen LogP contribution in [-0.4, -0.2) is 55.2 Å². The number of rotatable bonds is 17. The molecular formula is C21H32O8. The summed E-state index contributed by atoms with van der Waals surface area (Å²) in [4.78, 5) is 46.1. The first-order valence-corrected chi connectivity index (χ1v) is 9.98. The molecule has 0 spiro atoms. The second-order valence-corrected chi connectivity index (χ2v) is 6.41. The van der Waals surface area contributed by atoms with Crippen molar-refractivity contribution in [2.45, 2.75) is 64.7 Å². The monoisotopic (exact) mass is 412 g/mol. The van der Waals surface area contributed by atoms with Crippen LogP contribution >= 0.6 is 0 Å². The number of carbonyl (C=O) groups excluding carboxylic acids is 4. The number of unbranched alkanes of at least 4 members (excludes halogenated alkanes) is 1. The lowest BCUT2D eigenvalue weighted by molar-refractivity contribution is -0.149. The molecule has 0 bridgehead atoms. The van der Waals surface area contributed by atoms with Gasteiger partial charge in [0.2, 0.25) is 0 Å². The Balaban J connectivity index is 3.98. The third-order valence-corrected chi connectivity index (χ3v) is 3.98. The summed E-state index contributed by atoms with van der Waals surface area (Å²) in [6.07, 6.45) is 7.86. The summed E-state index contributed by atoms with van der Waals surface area (Å²) in [5.41, 5.74) is 0. The van der Waals surface area contributed by atoms with Crippen LogP contribution in [0.4, 0.5) is 0 Å². The van der Waals surface area contributed by atoms with E-state index in [0.29, 0.717) is 32.3 Å². The van der Waals surface area contributed by atoms with Crippen molar-refractivity contribution >= 4 is 23.7 Å². The molecule has 0 saturated carbocycles. The minimum absolute atomic E-state index is 0.0273. The molecule has 0 aromatic rings. The van der Waals surface area contributed by atoms with Gasteiger partial charge < -0.3 is 19.3 Å². The number of esters is 3. The van der Waals surface area contributed by atoms with Crippen LogP contribution in [0.15, 0.2) is 0 Å². The highest BCUT2D eigenvalue weighted by Crippen LogP contribution is 2.14. The van der Waals surface area contributed by atoms with Crippen molar-refractivity contribution in [2.75, 3.05) is 26.4 Å². The minimum atomic E-state index is -0.492. The Hall–Kier alpha value is -2.40. The van der Waals surface area contributed by atoms with Gasteiger partial charge in [-0.1, -0.05) is 0 Å². The van der Waals surface area contributed by atoms with Gasteiger partial charge in [-0.15, -0.1) is 12.3 Å². The first kappa shape index (κ1) is 26.6. The maximum Gasteiger partial charge on any atom is 0.309 e. The lowest BCUT2D eigenvalue weighted by Gasteiger charge is -2.14. The average Bonchev–Trinajstić information content (AvgIpc) is 2.68. The van der Waals surface area contributed by atoms with Crippen molar-refractivity contribution in [3.63, 3.8) is 0 Å². The summed E-state index contributed by atoms with van der Waals surface area (Å²) in [5.74, 6) is 0.616. The first-order chi connectivity index (χ1) is 13.9. The molecule has 0 fully saturated rings. The van der Waals surface area contributed by atoms with Gasteiger partial charge in [0.1, 0.15) is 5.78 Å². The number of terminal acetylenes is 1. The van der Waals surface area contributed by atoms with Crippen molar-refractivity contribution in [1.29, 1.82) is 0 Å². The van der Waals surface area contributed by atoms with Gasteiger partial charge >= 0.3 is 17.9 Å². The third kappa shape index (κ3) is 15.2. The van der Waals surface area contributed by atoms with Crippen LogP contribution in [0.25, 0.3) is 0 Å². The van der Waals surface area contributed by atoms with E-state index >= 15 is 0 Å². The fourth-order valence-corrected chi connectivity index (χ4v) is 2.42. The molecule has 0 aliphatic carbocycles. The zero-order chi connectivity index (χ0) is 21.9. The van der Waals surface area contributed by atoms with E-state index in [1.165, 1.54) is 0 Å². The van der Waals surface area contributed by atoms with Gasteiger partial charge in [0, 0.05) is 32.3 Å². The van der Waals surface area contributed by atoms with E-state index < -0.39 is 17.9 Å². The van der Waals surface area contributed by atoms with Crippen molar-refractivity contribution in [2.24, 2.45) is 5.92 Å². The molecule has 0 rings (SSSR count). The number of aliphatic hydroxyl groups is 1. The standard InChI is InChI=1S/C21H32O8/c1-3-8-17(21(26)29-15-6-5-10-19(24)27-4-2)9-7-16-28-20(25)12-11-18(23)13-14-22/h1,17,22H,4-16H2,2H3. The van der Waals surface area contributed by atoms with E-state index in [1.54, 1.807) is 6.92 Å². The molecule has 0 amide bonds. The number of carbonyl (C=O) groups is 4. The lowest BCUT2D eigenvalue weighted by Crippen LogP contribution is -2.19. The Labute approximate surface area is 172 Å². The third-order valence-electron chi connectivity index (χ3n) is 3.98. The maximum absolute atomic E-state index is 12.1. The first-order valence-electron chi connectivity index (χ1n) is 9.98. The summed E-state index contributed by atoms with van der Waals surface area (Å²) in [6.45, 7) is 2.19. The number of Topliss-reactive ketones (excluding diaryl/α,β-unsaturated/α-hetero) is 1. The molecule has 0 aromatic heterocycles. The SMILES string of the molecule is C#CCC(CCCOC(=O)CCC(=O)CCO)C(=O)OCCCCC(=O)OCC. The fourth-order valence-electron chi connectivity index (χ4n) is 2.42. The Kier molecular flexibility index (Phi) is 16.2. The number of hydrogen-bond donors (Lipinski definition) is 1. The smallest absolute Gasteiger partial charge is 0.309 e. The van der Waals surface area contributed by atoms with Gasteiger partial charge in [0.15, 0.2) is 0 Å². The van der Waals surface area contributed by atoms with Crippen LogP contribution in [0, 0.1) is 18.3 Å². The van der Waals surface area contributed by atoms with Crippen molar-refractivity contribution in [3.8, 4) is 12.3 Å². The topological polar surface area (TPSA) is 116 Å². The Morgan fingerprint density at radius 2 is 1.59 bits per heavy atom. The molecule has 0 radical (unpaired) electrons.